The Morgan fingerprint density at radius 2 is 1.93 bits per heavy atom. The van der Waals surface area contributed by atoms with Crippen LogP contribution in [0, 0.1) is 6.92 Å². The molecule has 1 aromatic heterocycles. The molecule has 7 heteroatoms. The van der Waals surface area contributed by atoms with Gasteiger partial charge in [0.2, 0.25) is 0 Å². The topological polar surface area (TPSA) is 84.1 Å². The first kappa shape index (κ1) is 18.7. The first-order valence-corrected chi connectivity index (χ1v) is 8.70. The fourth-order valence-electron chi connectivity index (χ4n) is 2.45. The smallest absolute Gasteiger partial charge is 0.338 e. The van der Waals surface area contributed by atoms with E-state index in [1.165, 1.54) is 6.92 Å². The number of esters is 1. The number of rotatable bonds is 5. The summed E-state index contributed by atoms with van der Waals surface area (Å²) >= 11 is 6.05. The average Bonchev–Trinajstić information content (AvgIpc) is 3.20. The summed E-state index contributed by atoms with van der Waals surface area (Å²) in [5, 5.41) is 3.27. The Morgan fingerprint density at radius 3 is 2.59 bits per heavy atom. The molecule has 2 aromatic carbocycles. The quantitative estimate of drug-likeness (QED) is 0.646. The Balaban J connectivity index is 1.63. The summed E-state index contributed by atoms with van der Waals surface area (Å²) in [5.74, 6) is -0.299. The Labute approximate surface area is 161 Å². The number of hydrogen-bond donors (Lipinski definition) is 2. The number of imidazole rings is 1. The van der Waals surface area contributed by atoms with Gasteiger partial charge < -0.3 is 15.0 Å². The van der Waals surface area contributed by atoms with Crippen LogP contribution in [0.2, 0.25) is 5.02 Å². The monoisotopic (exact) mass is 383 g/mol. The highest BCUT2D eigenvalue weighted by molar-refractivity contribution is 6.31. The SMILES string of the molecule is Cc1c(Cl)cccc1NC(=O)C(C)OC(=O)c1ccc(-c2ncc[nH]2)cc1. The van der Waals surface area contributed by atoms with Crippen LogP contribution in [0.4, 0.5) is 5.69 Å². The maximum atomic E-state index is 12.3. The maximum absolute atomic E-state index is 12.3. The number of carbonyl (C=O) groups excluding carboxylic acids is 2. The fourth-order valence-corrected chi connectivity index (χ4v) is 2.62. The third-order valence-electron chi connectivity index (χ3n) is 4.07. The lowest BCUT2D eigenvalue weighted by Crippen LogP contribution is -2.30. The minimum Gasteiger partial charge on any atom is -0.449 e. The van der Waals surface area contributed by atoms with Gasteiger partial charge >= 0.3 is 5.97 Å². The molecule has 138 valence electrons. The van der Waals surface area contributed by atoms with E-state index in [1.54, 1.807) is 61.8 Å². The highest BCUT2D eigenvalue weighted by atomic mass is 35.5. The molecule has 1 atom stereocenters. The molecular weight excluding hydrogens is 366 g/mol. The van der Waals surface area contributed by atoms with Gasteiger partial charge in [0.05, 0.1) is 5.56 Å². The van der Waals surface area contributed by atoms with Crippen LogP contribution in [0.25, 0.3) is 11.4 Å². The van der Waals surface area contributed by atoms with Crippen molar-refractivity contribution in [2.75, 3.05) is 5.32 Å². The normalized spacial score (nSPS) is 11.7. The van der Waals surface area contributed by atoms with Crippen molar-refractivity contribution in [3.8, 4) is 11.4 Å². The maximum Gasteiger partial charge on any atom is 0.338 e. The number of aromatic nitrogens is 2. The summed E-state index contributed by atoms with van der Waals surface area (Å²) in [6.45, 7) is 3.32. The molecular formula is C20H18ClN3O3. The minimum atomic E-state index is -0.958. The molecule has 0 saturated heterocycles. The van der Waals surface area contributed by atoms with Gasteiger partial charge in [0.1, 0.15) is 5.82 Å². The molecule has 0 fully saturated rings. The highest BCUT2D eigenvalue weighted by Gasteiger charge is 2.20. The second kappa shape index (κ2) is 8.05. The van der Waals surface area contributed by atoms with E-state index in [2.05, 4.69) is 15.3 Å². The van der Waals surface area contributed by atoms with Crippen molar-refractivity contribution in [1.82, 2.24) is 9.97 Å². The summed E-state index contributed by atoms with van der Waals surface area (Å²) in [6.07, 6.45) is 2.42. The van der Waals surface area contributed by atoms with Crippen LogP contribution in [-0.2, 0) is 9.53 Å². The number of anilines is 1. The number of aromatic amines is 1. The average molecular weight is 384 g/mol. The number of amides is 1. The molecule has 27 heavy (non-hydrogen) atoms. The van der Waals surface area contributed by atoms with Crippen LogP contribution in [0.3, 0.4) is 0 Å². The molecule has 2 N–H and O–H groups in total. The third-order valence-corrected chi connectivity index (χ3v) is 4.48. The number of nitrogens with zero attached hydrogens (tertiary/aromatic N) is 1. The molecule has 1 heterocycles. The zero-order valence-corrected chi connectivity index (χ0v) is 15.6. The molecule has 0 radical (unpaired) electrons. The zero-order valence-electron chi connectivity index (χ0n) is 14.8. The van der Waals surface area contributed by atoms with Crippen molar-refractivity contribution in [3.05, 3.63) is 71.0 Å². The number of benzene rings is 2. The molecule has 1 amide bonds. The Morgan fingerprint density at radius 1 is 1.19 bits per heavy atom. The summed E-state index contributed by atoms with van der Waals surface area (Å²) in [4.78, 5) is 31.7. The second-order valence-corrected chi connectivity index (χ2v) is 6.37. The van der Waals surface area contributed by atoms with Crippen molar-refractivity contribution >= 4 is 29.2 Å². The molecule has 0 aliphatic heterocycles. The molecule has 0 spiro atoms. The largest absolute Gasteiger partial charge is 0.449 e. The van der Waals surface area contributed by atoms with Gasteiger partial charge in [-0.05, 0) is 43.7 Å². The van der Waals surface area contributed by atoms with Crippen LogP contribution in [0.5, 0.6) is 0 Å². The van der Waals surface area contributed by atoms with Crippen LogP contribution in [0.1, 0.15) is 22.8 Å². The van der Waals surface area contributed by atoms with E-state index >= 15 is 0 Å². The predicted octanol–water partition coefficient (Wildman–Crippen LogP) is 4.22. The Kier molecular flexibility index (Phi) is 5.57. The lowest BCUT2D eigenvalue weighted by atomic mass is 10.1. The lowest BCUT2D eigenvalue weighted by Gasteiger charge is -2.15. The van der Waals surface area contributed by atoms with Crippen molar-refractivity contribution in [3.63, 3.8) is 0 Å². The van der Waals surface area contributed by atoms with Crippen LogP contribution >= 0.6 is 11.6 Å². The number of ether oxygens (including phenoxy) is 1. The number of hydrogen-bond acceptors (Lipinski definition) is 4. The van der Waals surface area contributed by atoms with E-state index in [9.17, 15) is 9.59 Å². The molecule has 3 rings (SSSR count). The van der Waals surface area contributed by atoms with Gasteiger partial charge in [-0.3, -0.25) is 4.79 Å². The Bertz CT molecular complexity index is 953. The van der Waals surface area contributed by atoms with Gasteiger partial charge in [-0.25, -0.2) is 9.78 Å². The molecule has 0 bridgehead atoms. The van der Waals surface area contributed by atoms with Gasteiger partial charge in [-0.2, -0.15) is 0 Å². The summed E-state index contributed by atoms with van der Waals surface area (Å²) in [6, 6.07) is 12.0. The highest BCUT2D eigenvalue weighted by Crippen LogP contribution is 2.23. The van der Waals surface area contributed by atoms with E-state index in [0.29, 0.717) is 22.1 Å². The van der Waals surface area contributed by atoms with Crippen molar-refractivity contribution < 1.29 is 14.3 Å². The fraction of sp³-hybridized carbons (Fsp3) is 0.150. The van der Waals surface area contributed by atoms with E-state index < -0.39 is 18.0 Å². The molecule has 6 nitrogen and oxygen atoms in total. The molecule has 1 unspecified atom stereocenters. The van der Waals surface area contributed by atoms with Gasteiger partial charge in [0.25, 0.3) is 5.91 Å². The number of nitrogens with one attached hydrogen (secondary N) is 2. The summed E-state index contributed by atoms with van der Waals surface area (Å²) < 4.78 is 5.26. The van der Waals surface area contributed by atoms with Crippen LogP contribution in [-0.4, -0.2) is 27.9 Å². The van der Waals surface area contributed by atoms with Crippen LogP contribution in [0.15, 0.2) is 54.9 Å². The third kappa shape index (κ3) is 4.35. The first-order valence-electron chi connectivity index (χ1n) is 8.32. The number of halogens is 1. The minimum absolute atomic E-state index is 0.351. The van der Waals surface area contributed by atoms with E-state index in [-0.39, 0.29) is 0 Å². The lowest BCUT2D eigenvalue weighted by molar-refractivity contribution is -0.123. The van der Waals surface area contributed by atoms with E-state index in [1.807, 2.05) is 0 Å². The summed E-state index contributed by atoms with van der Waals surface area (Å²) in [7, 11) is 0. The summed E-state index contributed by atoms with van der Waals surface area (Å²) in [5.41, 5.74) is 2.53. The second-order valence-electron chi connectivity index (χ2n) is 5.96. The Hall–Kier alpha value is -3.12. The van der Waals surface area contributed by atoms with Gasteiger partial charge in [-0.1, -0.05) is 29.8 Å². The van der Waals surface area contributed by atoms with E-state index in [0.717, 1.165) is 11.1 Å². The van der Waals surface area contributed by atoms with Crippen LogP contribution < -0.4 is 5.32 Å². The molecule has 0 aliphatic rings. The molecule has 0 saturated carbocycles. The number of carbonyl (C=O) groups is 2. The number of H-pyrrole nitrogens is 1. The first-order chi connectivity index (χ1) is 13.0. The van der Waals surface area contributed by atoms with E-state index in [4.69, 9.17) is 16.3 Å². The van der Waals surface area contributed by atoms with Gasteiger partial charge in [-0.15, -0.1) is 0 Å². The molecule has 0 aliphatic carbocycles. The standard InChI is InChI=1S/C20H18ClN3O3/c1-12-16(21)4-3-5-17(12)24-19(25)13(2)27-20(26)15-8-6-14(7-9-15)18-22-10-11-23-18/h3-11,13H,1-2H3,(H,22,23)(H,24,25). The predicted molar refractivity (Wildman–Crippen MR) is 104 cm³/mol. The molecule has 3 aromatic rings. The van der Waals surface area contributed by atoms with Crippen molar-refractivity contribution in [1.29, 1.82) is 0 Å². The van der Waals surface area contributed by atoms with Gasteiger partial charge in [0.15, 0.2) is 6.10 Å². The van der Waals surface area contributed by atoms with Gasteiger partial charge in [0, 0.05) is 28.7 Å². The van der Waals surface area contributed by atoms with Crippen molar-refractivity contribution in [2.45, 2.75) is 20.0 Å². The van der Waals surface area contributed by atoms with Crippen molar-refractivity contribution in [2.24, 2.45) is 0 Å². The zero-order chi connectivity index (χ0) is 19.4.